The Morgan fingerprint density at radius 3 is 2.59 bits per heavy atom. The van der Waals surface area contributed by atoms with Crippen LogP contribution >= 0.6 is 0 Å². The Hall–Kier alpha value is -3.48. The number of nitrogens with zero attached hydrogens (tertiary/aromatic N) is 1. The van der Waals surface area contributed by atoms with Crippen molar-refractivity contribution < 1.29 is 14.4 Å². The Morgan fingerprint density at radius 2 is 1.93 bits per heavy atom. The topological polar surface area (TPSA) is 104 Å². The first kappa shape index (κ1) is 20.3. The number of carbonyl (C=O) groups excluding carboxylic acids is 3. The van der Waals surface area contributed by atoms with E-state index in [4.69, 9.17) is 0 Å². The van der Waals surface area contributed by atoms with Gasteiger partial charge in [-0.15, -0.1) is 0 Å². The van der Waals surface area contributed by atoms with Crippen LogP contribution in [0, 0.1) is 5.41 Å². The summed E-state index contributed by atoms with van der Waals surface area (Å²) in [6.45, 7) is 5.62. The smallest absolute Gasteiger partial charge is 0.251 e. The normalized spacial score (nSPS) is 12.4. The molecule has 2 amide bonds. The summed E-state index contributed by atoms with van der Waals surface area (Å²) in [7, 11) is 1.53. The van der Waals surface area contributed by atoms with Crippen molar-refractivity contribution in [2.45, 2.75) is 26.8 Å². The van der Waals surface area contributed by atoms with Crippen LogP contribution in [0.5, 0.6) is 0 Å². The molecular weight excluding hydrogens is 368 g/mol. The van der Waals surface area contributed by atoms with Crippen LogP contribution in [0.3, 0.4) is 0 Å². The lowest BCUT2D eigenvalue weighted by Gasteiger charge is -2.30. The average Bonchev–Trinajstić information content (AvgIpc) is 3.18. The first-order valence-corrected chi connectivity index (χ1v) is 9.30. The van der Waals surface area contributed by atoms with Crippen LogP contribution in [-0.4, -0.2) is 41.2 Å². The average molecular weight is 392 g/mol. The van der Waals surface area contributed by atoms with Gasteiger partial charge in [0.25, 0.3) is 5.91 Å². The molecule has 1 heterocycles. The van der Waals surface area contributed by atoms with Gasteiger partial charge in [0.15, 0.2) is 0 Å². The van der Waals surface area contributed by atoms with Crippen molar-refractivity contribution in [3.05, 3.63) is 53.9 Å². The van der Waals surface area contributed by atoms with E-state index in [1.807, 2.05) is 39.0 Å². The molecule has 0 spiro atoms. The van der Waals surface area contributed by atoms with Crippen molar-refractivity contribution in [1.82, 2.24) is 20.6 Å². The lowest BCUT2D eigenvalue weighted by Crippen LogP contribution is -2.52. The largest absolute Gasteiger partial charge is 0.357 e. The molecule has 0 unspecified atom stereocenters. The standard InChI is InChI=1S/C22H24N4O3/c1-22(2,3)19(21(29)23-4)26-20(28)15-9-13(11-27)8-14(10-15)16-6-5-7-17-18(16)25-12-24-17/h5-12,19H,1-4H3,(H,23,29)(H,24,25)(H,26,28)/t19-/m0/s1. The van der Waals surface area contributed by atoms with Crippen molar-refractivity contribution in [2.75, 3.05) is 7.05 Å². The summed E-state index contributed by atoms with van der Waals surface area (Å²) in [5.41, 5.74) is 3.30. The van der Waals surface area contributed by atoms with Crippen LogP contribution in [0.15, 0.2) is 42.7 Å². The van der Waals surface area contributed by atoms with E-state index in [1.54, 1.807) is 18.5 Å². The highest BCUT2D eigenvalue weighted by atomic mass is 16.2. The van der Waals surface area contributed by atoms with Crippen molar-refractivity contribution in [3.8, 4) is 11.1 Å². The molecule has 0 saturated heterocycles. The van der Waals surface area contributed by atoms with Gasteiger partial charge in [0.05, 0.1) is 17.4 Å². The summed E-state index contributed by atoms with van der Waals surface area (Å²) in [5, 5.41) is 5.38. The van der Waals surface area contributed by atoms with E-state index in [2.05, 4.69) is 20.6 Å². The van der Waals surface area contributed by atoms with Crippen molar-refractivity contribution in [1.29, 1.82) is 0 Å². The predicted molar refractivity (Wildman–Crippen MR) is 112 cm³/mol. The quantitative estimate of drug-likeness (QED) is 0.581. The molecule has 0 fully saturated rings. The van der Waals surface area contributed by atoms with Crippen LogP contribution in [0.4, 0.5) is 0 Å². The number of benzene rings is 2. The Labute approximate surface area is 168 Å². The van der Waals surface area contributed by atoms with Gasteiger partial charge in [-0.2, -0.15) is 0 Å². The van der Waals surface area contributed by atoms with Crippen LogP contribution in [0.25, 0.3) is 22.2 Å². The van der Waals surface area contributed by atoms with Gasteiger partial charge in [-0.3, -0.25) is 14.4 Å². The molecule has 3 aromatic rings. The molecule has 7 nitrogen and oxygen atoms in total. The number of nitrogens with one attached hydrogen (secondary N) is 3. The molecule has 2 aromatic carbocycles. The van der Waals surface area contributed by atoms with Gasteiger partial charge in [-0.05, 0) is 35.2 Å². The van der Waals surface area contributed by atoms with Crippen LogP contribution in [0.1, 0.15) is 41.5 Å². The number of H-pyrrole nitrogens is 1. The predicted octanol–water partition coefficient (Wildman–Crippen LogP) is 2.93. The molecular formula is C22H24N4O3. The van der Waals surface area contributed by atoms with Crippen molar-refractivity contribution >= 4 is 29.1 Å². The zero-order valence-corrected chi connectivity index (χ0v) is 16.9. The molecule has 0 radical (unpaired) electrons. The minimum Gasteiger partial charge on any atom is -0.357 e. The maximum Gasteiger partial charge on any atom is 0.251 e. The SMILES string of the molecule is CNC(=O)[C@H](NC(=O)c1cc(C=O)cc(-c2cccc3[nH]cnc23)c1)C(C)(C)C. The zero-order chi connectivity index (χ0) is 21.2. The molecule has 0 aliphatic heterocycles. The molecule has 150 valence electrons. The van der Waals surface area contributed by atoms with E-state index in [-0.39, 0.29) is 5.91 Å². The van der Waals surface area contributed by atoms with E-state index in [9.17, 15) is 14.4 Å². The van der Waals surface area contributed by atoms with E-state index in [1.165, 1.54) is 13.1 Å². The summed E-state index contributed by atoms with van der Waals surface area (Å²) in [5.74, 6) is -0.702. The molecule has 0 aliphatic rings. The Balaban J connectivity index is 2.03. The third-order valence-corrected chi connectivity index (χ3v) is 4.76. The van der Waals surface area contributed by atoms with E-state index >= 15 is 0 Å². The summed E-state index contributed by atoms with van der Waals surface area (Å²) in [6.07, 6.45) is 2.30. The van der Waals surface area contributed by atoms with Gasteiger partial charge >= 0.3 is 0 Å². The number of carbonyl (C=O) groups is 3. The van der Waals surface area contributed by atoms with E-state index in [0.29, 0.717) is 23.0 Å². The summed E-state index contributed by atoms with van der Waals surface area (Å²) in [4.78, 5) is 44.1. The second-order valence-corrected chi connectivity index (χ2v) is 7.95. The maximum absolute atomic E-state index is 13.0. The third-order valence-electron chi connectivity index (χ3n) is 4.76. The number of imidazole rings is 1. The Bertz CT molecular complexity index is 1080. The highest BCUT2D eigenvalue weighted by molar-refractivity contribution is 6.01. The number of para-hydroxylation sites is 1. The fraction of sp³-hybridized carbons (Fsp3) is 0.273. The summed E-state index contributed by atoms with van der Waals surface area (Å²) < 4.78 is 0. The van der Waals surface area contributed by atoms with Gasteiger partial charge in [-0.1, -0.05) is 32.9 Å². The Morgan fingerprint density at radius 1 is 1.17 bits per heavy atom. The molecule has 7 heteroatoms. The van der Waals surface area contributed by atoms with Gasteiger partial charge < -0.3 is 15.6 Å². The molecule has 3 N–H and O–H groups in total. The minimum atomic E-state index is -0.724. The molecule has 0 aliphatic carbocycles. The number of amides is 2. The molecule has 29 heavy (non-hydrogen) atoms. The molecule has 3 rings (SSSR count). The van der Waals surface area contributed by atoms with Gasteiger partial charge in [0, 0.05) is 23.7 Å². The number of likely N-dealkylation sites (N-methyl/N-ethyl adjacent to an activating group) is 1. The number of fused-ring (bicyclic) bond motifs is 1. The fourth-order valence-corrected chi connectivity index (χ4v) is 3.24. The summed E-state index contributed by atoms with van der Waals surface area (Å²) >= 11 is 0. The van der Waals surface area contributed by atoms with Crippen LogP contribution in [0.2, 0.25) is 0 Å². The number of aromatic nitrogens is 2. The van der Waals surface area contributed by atoms with E-state index in [0.717, 1.165) is 16.6 Å². The van der Waals surface area contributed by atoms with Gasteiger partial charge in [0.2, 0.25) is 5.91 Å². The zero-order valence-electron chi connectivity index (χ0n) is 16.9. The first-order chi connectivity index (χ1) is 13.7. The van der Waals surface area contributed by atoms with Crippen LogP contribution in [-0.2, 0) is 4.79 Å². The summed E-state index contributed by atoms with van der Waals surface area (Å²) in [6, 6.07) is 9.88. The number of aromatic amines is 1. The Kier molecular flexibility index (Phi) is 5.50. The highest BCUT2D eigenvalue weighted by Gasteiger charge is 2.32. The molecule has 0 bridgehead atoms. The number of rotatable bonds is 5. The minimum absolute atomic E-state index is 0.279. The molecule has 0 saturated carbocycles. The second kappa shape index (κ2) is 7.87. The van der Waals surface area contributed by atoms with Crippen LogP contribution < -0.4 is 10.6 Å². The number of hydrogen-bond acceptors (Lipinski definition) is 4. The lowest BCUT2D eigenvalue weighted by atomic mass is 9.86. The third kappa shape index (κ3) is 4.18. The maximum atomic E-state index is 13.0. The second-order valence-electron chi connectivity index (χ2n) is 7.95. The number of hydrogen-bond donors (Lipinski definition) is 3. The first-order valence-electron chi connectivity index (χ1n) is 9.30. The van der Waals surface area contributed by atoms with Crippen molar-refractivity contribution in [3.63, 3.8) is 0 Å². The van der Waals surface area contributed by atoms with E-state index < -0.39 is 17.4 Å². The number of aldehydes is 1. The molecule has 1 aromatic heterocycles. The molecule has 1 atom stereocenters. The van der Waals surface area contributed by atoms with Gasteiger partial charge in [0.1, 0.15) is 12.3 Å². The monoisotopic (exact) mass is 392 g/mol. The lowest BCUT2D eigenvalue weighted by molar-refractivity contribution is -0.124. The van der Waals surface area contributed by atoms with Gasteiger partial charge in [-0.25, -0.2) is 4.98 Å². The fourth-order valence-electron chi connectivity index (χ4n) is 3.24. The van der Waals surface area contributed by atoms with Crippen molar-refractivity contribution in [2.24, 2.45) is 5.41 Å². The highest BCUT2D eigenvalue weighted by Crippen LogP contribution is 2.28.